The topological polar surface area (TPSA) is 87.5 Å². The zero-order valence-electron chi connectivity index (χ0n) is 14.9. The van der Waals surface area contributed by atoms with Crippen molar-refractivity contribution >= 4 is 5.91 Å². The number of hydrogen-bond acceptors (Lipinski definition) is 6. The zero-order chi connectivity index (χ0) is 17.8. The quantitative estimate of drug-likeness (QED) is 0.853. The fraction of sp³-hybridized carbons (Fsp3) is 0.588. The van der Waals surface area contributed by atoms with Crippen molar-refractivity contribution in [2.24, 2.45) is 0 Å². The van der Waals surface area contributed by atoms with Crippen molar-refractivity contribution in [1.29, 1.82) is 0 Å². The molecule has 1 aliphatic rings. The molecule has 25 heavy (non-hydrogen) atoms. The van der Waals surface area contributed by atoms with E-state index < -0.39 is 0 Å². The number of aromatic nitrogens is 3. The summed E-state index contributed by atoms with van der Waals surface area (Å²) in [6.07, 6.45) is 1.43. The maximum atomic E-state index is 12.4. The zero-order valence-corrected chi connectivity index (χ0v) is 14.9. The normalized spacial score (nSPS) is 18.6. The number of carbonyl (C=O) groups is 1. The molecule has 0 bridgehead atoms. The number of likely N-dealkylation sites (N-methyl/N-ethyl adjacent to an activating group) is 1. The first-order valence-electron chi connectivity index (χ1n) is 8.55. The van der Waals surface area contributed by atoms with E-state index in [0.717, 1.165) is 24.0 Å². The minimum Gasteiger partial charge on any atom is -0.467 e. The fourth-order valence-electron chi connectivity index (χ4n) is 2.74. The van der Waals surface area contributed by atoms with Gasteiger partial charge in [0.2, 0.25) is 5.91 Å². The van der Waals surface area contributed by atoms with Crippen LogP contribution in [0.5, 0.6) is 0 Å². The number of aromatic amines is 1. The molecule has 0 aliphatic carbocycles. The van der Waals surface area contributed by atoms with Crippen LogP contribution in [-0.2, 0) is 16.1 Å². The first kappa shape index (κ1) is 17.6. The summed E-state index contributed by atoms with van der Waals surface area (Å²) in [5.74, 6) is 2.60. The average molecular weight is 347 g/mol. The molecule has 2 aromatic heterocycles. The third-order valence-corrected chi connectivity index (χ3v) is 4.25. The number of H-pyrrole nitrogens is 1. The summed E-state index contributed by atoms with van der Waals surface area (Å²) < 4.78 is 11.1. The number of nitrogens with one attached hydrogen (secondary N) is 1. The second kappa shape index (κ2) is 7.79. The van der Waals surface area contributed by atoms with Crippen LogP contribution in [-0.4, -0.2) is 64.2 Å². The van der Waals surface area contributed by atoms with Gasteiger partial charge in [0.1, 0.15) is 11.9 Å². The van der Waals surface area contributed by atoms with Gasteiger partial charge in [-0.15, -0.1) is 0 Å². The molecule has 0 aromatic carbocycles. The van der Waals surface area contributed by atoms with Gasteiger partial charge in [-0.2, -0.15) is 5.10 Å². The Labute approximate surface area is 147 Å². The molecule has 1 atom stereocenters. The molecule has 0 unspecified atom stereocenters. The van der Waals surface area contributed by atoms with E-state index in [1.54, 1.807) is 18.2 Å². The van der Waals surface area contributed by atoms with Crippen LogP contribution in [0.2, 0.25) is 0 Å². The summed E-state index contributed by atoms with van der Waals surface area (Å²) in [7, 11) is 1.79. The molecule has 3 rings (SSSR count). The second-order valence-electron chi connectivity index (χ2n) is 6.66. The maximum Gasteiger partial charge on any atom is 0.236 e. The number of rotatable bonds is 6. The van der Waals surface area contributed by atoms with Gasteiger partial charge in [0, 0.05) is 26.1 Å². The lowest BCUT2D eigenvalue weighted by Gasteiger charge is -2.32. The van der Waals surface area contributed by atoms with Crippen molar-refractivity contribution < 1.29 is 13.9 Å². The molecule has 8 nitrogen and oxygen atoms in total. The predicted molar refractivity (Wildman–Crippen MR) is 90.8 cm³/mol. The Bertz CT molecular complexity index is 682. The highest BCUT2D eigenvalue weighted by Crippen LogP contribution is 2.20. The number of amides is 1. The highest BCUT2D eigenvalue weighted by molar-refractivity contribution is 5.77. The van der Waals surface area contributed by atoms with E-state index >= 15 is 0 Å². The van der Waals surface area contributed by atoms with Crippen LogP contribution in [0.15, 0.2) is 22.8 Å². The number of nitrogens with zero attached hydrogens (tertiary/aromatic N) is 4. The van der Waals surface area contributed by atoms with Crippen molar-refractivity contribution in [3.8, 4) is 0 Å². The number of ether oxygens (including phenoxy) is 1. The van der Waals surface area contributed by atoms with Crippen LogP contribution in [0.1, 0.15) is 43.3 Å². The molecule has 2 aromatic rings. The summed E-state index contributed by atoms with van der Waals surface area (Å²) in [6, 6.07) is 3.69. The number of morpholine rings is 1. The molecule has 1 fully saturated rings. The van der Waals surface area contributed by atoms with Crippen LogP contribution >= 0.6 is 0 Å². The van der Waals surface area contributed by atoms with Gasteiger partial charge in [-0.25, -0.2) is 4.98 Å². The fourth-order valence-corrected chi connectivity index (χ4v) is 2.74. The minimum absolute atomic E-state index is 0.0532. The third-order valence-electron chi connectivity index (χ3n) is 4.25. The summed E-state index contributed by atoms with van der Waals surface area (Å²) >= 11 is 0. The molecule has 1 amide bonds. The molecule has 0 saturated carbocycles. The van der Waals surface area contributed by atoms with E-state index in [9.17, 15) is 4.79 Å². The van der Waals surface area contributed by atoms with Crippen LogP contribution in [0.3, 0.4) is 0 Å². The second-order valence-corrected chi connectivity index (χ2v) is 6.66. The highest BCUT2D eigenvalue weighted by Gasteiger charge is 2.27. The SMILES string of the molecule is CC(C)c1n[nH]c([C@H]2CN(CC(=O)N(C)Cc3ccco3)CCO2)n1. The number of carbonyl (C=O) groups excluding carboxylic acids is 1. The van der Waals surface area contributed by atoms with E-state index in [0.29, 0.717) is 26.2 Å². The van der Waals surface area contributed by atoms with Crippen LogP contribution in [0.25, 0.3) is 0 Å². The van der Waals surface area contributed by atoms with Gasteiger partial charge >= 0.3 is 0 Å². The monoisotopic (exact) mass is 347 g/mol. The van der Waals surface area contributed by atoms with E-state index in [-0.39, 0.29) is 17.9 Å². The Morgan fingerprint density at radius 1 is 1.52 bits per heavy atom. The Morgan fingerprint density at radius 3 is 3.04 bits per heavy atom. The molecular weight excluding hydrogens is 322 g/mol. The third kappa shape index (κ3) is 4.46. The van der Waals surface area contributed by atoms with Gasteiger partial charge in [-0.1, -0.05) is 13.8 Å². The standard InChI is InChI=1S/C17H25N5O3/c1-12(2)16-18-17(20-19-16)14-10-22(6-8-25-14)11-15(23)21(3)9-13-5-4-7-24-13/h4-5,7,12,14H,6,8-11H2,1-3H3,(H,18,19,20)/t14-/m1/s1. The smallest absolute Gasteiger partial charge is 0.236 e. The molecule has 8 heteroatoms. The molecule has 136 valence electrons. The lowest BCUT2D eigenvalue weighted by atomic mass is 10.2. The van der Waals surface area contributed by atoms with Gasteiger partial charge in [-0.3, -0.25) is 14.8 Å². The lowest BCUT2D eigenvalue weighted by molar-refractivity contribution is -0.134. The van der Waals surface area contributed by atoms with E-state index in [1.807, 2.05) is 12.1 Å². The van der Waals surface area contributed by atoms with Crippen molar-refractivity contribution in [1.82, 2.24) is 25.0 Å². The van der Waals surface area contributed by atoms with Crippen molar-refractivity contribution in [3.05, 3.63) is 35.8 Å². The molecule has 0 radical (unpaired) electrons. The van der Waals surface area contributed by atoms with E-state index in [1.165, 1.54) is 0 Å². The van der Waals surface area contributed by atoms with E-state index in [4.69, 9.17) is 9.15 Å². The Kier molecular flexibility index (Phi) is 5.50. The first-order chi connectivity index (χ1) is 12.0. The summed E-state index contributed by atoms with van der Waals surface area (Å²) in [5.41, 5.74) is 0. The molecule has 1 aliphatic heterocycles. The van der Waals surface area contributed by atoms with Gasteiger partial charge in [-0.05, 0) is 12.1 Å². The molecule has 1 saturated heterocycles. The lowest BCUT2D eigenvalue weighted by Crippen LogP contribution is -2.44. The van der Waals surface area contributed by atoms with Crippen LogP contribution in [0, 0.1) is 0 Å². The summed E-state index contributed by atoms with van der Waals surface area (Å²) in [6.45, 7) is 6.83. The molecule has 3 heterocycles. The number of furan rings is 1. The summed E-state index contributed by atoms with van der Waals surface area (Å²) in [4.78, 5) is 20.7. The predicted octanol–water partition coefficient (Wildman–Crippen LogP) is 1.55. The average Bonchev–Trinajstić information content (AvgIpc) is 3.26. The largest absolute Gasteiger partial charge is 0.467 e. The molecule has 1 N–H and O–H groups in total. The maximum absolute atomic E-state index is 12.4. The van der Waals surface area contributed by atoms with Crippen LogP contribution < -0.4 is 0 Å². The number of hydrogen-bond donors (Lipinski definition) is 1. The Morgan fingerprint density at radius 2 is 2.36 bits per heavy atom. The molecule has 0 spiro atoms. The van der Waals surface area contributed by atoms with E-state index in [2.05, 4.69) is 33.9 Å². The van der Waals surface area contributed by atoms with Gasteiger partial charge in [0.05, 0.1) is 26.0 Å². The summed E-state index contributed by atoms with van der Waals surface area (Å²) in [5, 5.41) is 7.19. The Hall–Kier alpha value is -2.19. The first-order valence-corrected chi connectivity index (χ1v) is 8.55. The van der Waals surface area contributed by atoms with Crippen LogP contribution in [0.4, 0.5) is 0 Å². The molecular formula is C17H25N5O3. The van der Waals surface area contributed by atoms with Crippen molar-refractivity contribution in [3.63, 3.8) is 0 Å². The minimum atomic E-state index is -0.183. The van der Waals surface area contributed by atoms with Crippen molar-refractivity contribution in [2.75, 3.05) is 33.3 Å². The van der Waals surface area contributed by atoms with Gasteiger partial charge in [0.15, 0.2) is 11.6 Å². The van der Waals surface area contributed by atoms with Gasteiger partial charge in [0.25, 0.3) is 0 Å². The van der Waals surface area contributed by atoms with Crippen molar-refractivity contribution in [2.45, 2.75) is 32.4 Å². The Balaban J connectivity index is 1.54. The van der Waals surface area contributed by atoms with Gasteiger partial charge < -0.3 is 14.1 Å². The highest BCUT2D eigenvalue weighted by atomic mass is 16.5.